The number of hydrogen-bond acceptors (Lipinski definition) is 8. The Morgan fingerprint density at radius 1 is 1.03 bits per heavy atom. The van der Waals surface area contributed by atoms with Gasteiger partial charge in [0.05, 0.1) is 29.1 Å². The molecule has 33 heavy (non-hydrogen) atoms. The van der Waals surface area contributed by atoms with Crippen LogP contribution in [0.3, 0.4) is 0 Å². The minimum absolute atomic E-state index is 0.0370. The predicted octanol–water partition coefficient (Wildman–Crippen LogP) is 4.59. The second-order valence-corrected chi connectivity index (χ2v) is 9.53. The third-order valence-electron chi connectivity index (χ3n) is 5.65. The van der Waals surface area contributed by atoms with E-state index in [-0.39, 0.29) is 53.6 Å². The highest BCUT2D eigenvalue weighted by atomic mass is 35.5. The highest BCUT2D eigenvalue weighted by Gasteiger charge is 2.29. The van der Waals surface area contributed by atoms with Crippen LogP contribution in [0.25, 0.3) is 11.4 Å². The van der Waals surface area contributed by atoms with Crippen LogP contribution in [0.5, 0.6) is 11.5 Å². The number of aliphatic hydroxyl groups is 1. The first kappa shape index (κ1) is 24.9. The molecule has 2 heterocycles. The number of hydrogen-bond donors (Lipinski definition) is 5. The van der Waals surface area contributed by atoms with E-state index in [0.717, 1.165) is 11.4 Å². The van der Waals surface area contributed by atoms with E-state index in [1.807, 2.05) is 13.8 Å². The summed E-state index contributed by atoms with van der Waals surface area (Å²) in [6.07, 6.45) is 0. The Morgan fingerprint density at radius 2 is 1.73 bits per heavy atom. The molecule has 1 atom stereocenters. The lowest BCUT2D eigenvalue weighted by Gasteiger charge is -2.28. The van der Waals surface area contributed by atoms with Crippen molar-refractivity contribution in [3.8, 4) is 22.9 Å². The SMILES string of the molecule is CC(C)c1nnc2c(NCc3ccc(Cl)c(O)c3O)nc(NC(CO)C(C)C)n(C(C)C)c1-2. The number of halogens is 1. The molecule has 0 saturated carbocycles. The minimum atomic E-state index is -0.361. The van der Waals surface area contributed by atoms with E-state index in [2.05, 4.69) is 53.1 Å². The molecule has 0 saturated heterocycles. The van der Waals surface area contributed by atoms with Gasteiger partial charge in [-0.05, 0) is 31.7 Å². The molecule has 0 bridgehead atoms. The fraction of sp³-hybridized carbons (Fsp3) is 0.522. The number of aliphatic hydroxyl groups excluding tert-OH is 1. The molecule has 9 nitrogen and oxygen atoms in total. The third-order valence-corrected chi connectivity index (χ3v) is 5.95. The van der Waals surface area contributed by atoms with E-state index < -0.39 is 0 Å². The largest absolute Gasteiger partial charge is 0.504 e. The van der Waals surface area contributed by atoms with Crippen LogP contribution in [0.15, 0.2) is 12.1 Å². The van der Waals surface area contributed by atoms with Crippen molar-refractivity contribution in [1.82, 2.24) is 19.7 Å². The van der Waals surface area contributed by atoms with E-state index in [1.165, 1.54) is 6.07 Å². The molecule has 2 aliphatic heterocycles. The fourth-order valence-corrected chi connectivity index (χ4v) is 3.81. The first-order valence-corrected chi connectivity index (χ1v) is 11.5. The quantitative estimate of drug-likeness (QED) is 0.284. The van der Waals surface area contributed by atoms with Crippen molar-refractivity contribution < 1.29 is 15.3 Å². The van der Waals surface area contributed by atoms with Gasteiger partial charge in [0.25, 0.3) is 0 Å². The zero-order valence-corrected chi connectivity index (χ0v) is 20.6. The van der Waals surface area contributed by atoms with E-state index in [1.54, 1.807) is 6.07 Å². The zero-order chi connectivity index (χ0) is 24.4. The number of nitrogens with one attached hydrogen (secondary N) is 2. The maximum Gasteiger partial charge on any atom is 0.205 e. The average Bonchev–Trinajstić information content (AvgIpc) is 3.19. The number of benzene rings is 1. The Bertz CT molecular complexity index is 1080. The van der Waals surface area contributed by atoms with Gasteiger partial charge in [0.15, 0.2) is 23.0 Å². The highest BCUT2D eigenvalue weighted by molar-refractivity contribution is 6.32. The van der Waals surface area contributed by atoms with Crippen molar-refractivity contribution in [3.63, 3.8) is 0 Å². The van der Waals surface area contributed by atoms with Gasteiger partial charge in [-0.25, -0.2) is 0 Å². The van der Waals surface area contributed by atoms with Crippen LogP contribution in [-0.4, -0.2) is 47.7 Å². The van der Waals surface area contributed by atoms with Crippen LogP contribution in [-0.2, 0) is 6.54 Å². The summed E-state index contributed by atoms with van der Waals surface area (Å²) in [7, 11) is 0. The molecule has 3 rings (SSSR count). The van der Waals surface area contributed by atoms with Gasteiger partial charge in [-0.2, -0.15) is 10.1 Å². The normalized spacial score (nSPS) is 12.8. The Morgan fingerprint density at radius 3 is 2.30 bits per heavy atom. The molecular formula is C23H33ClN6O3. The van der Waals surface area contributed by atoms with Gasteiger partial charge in [-0.3, -0.25) is 0 Å². The van der Waals surface area contributed by atoms with E-state index in [0.29, 0.717) is 23.0 Å². The van der Waals surface area contributed by atoms with Crippen LogP contribution >= 0.6 is 11.6 Å². The summed E-state index contributed by atoms with van der Waals surface area (Å²) in [5.41, 5.74) is 2.79. The first-order valence-electron chi connectivity index (χ1n) is 11.2. The number of rotatable bonds is 9. The monoisotopic (exact) mass is 476 g/mol. The molecule has 0 radical (unpaired) electrons. The molecule has 0 fully saturated rings. The lowest BCUT2D eigenvalue weighted by Crippen LogP contribution is -2.32. The minimum Gasteiger partial charge on any atom is -0.504 e. The van der Waals surface area contributed by atoms with Crippen LogP contribution in [0.1, 0.15) is 64.8 Å². The number of aromatic hydroxyl groups is 2. The number of fused-ring (bicyclic) bond motifs is 1. The number of aromatic nitrogens is 4. The summed E-state index contributed by atoms with van der Waals surface area (Å²) in [5.74, 6) is 0.748. The van der Waals surface area contributed by atoms with Crippen molar-refractivity contribution in [1.29, 1.82) is 0 Å². The van der Waals surface area contributed by atoms with E-state index >= 15 is 0 Å². The molecule has 180 valence electrons. The standard InChI is InChI=1S/C23H33ClN6O3/c1-11(2)16(10-31)26-23-27-22(25-9-14-7-8-15(24)21(33)20(14)32)18-19(30(23)13(5)6)17(12(3)4)28-29-18/h7-8,11-13,16,25,31-33H,9-10H2,1-6H3,(H,26,27). The van der Waals surface area contributed by atoms with Crippen molar-refractivity contribution in [2.45, 2.75) is 66.1 Å². The maximum absolute atomic E-state index is 10.3. The van der Waals surface area contributed by atoms with Gasteiger partial charge in [-0.1, -0.05) is 45.4 Å². The Balaban J connectivity index is 2.12. The van der Waals surface area contributed by atoms with Gasteiger partial charge in [-0.15, -0.1) is 5.10 Å². The van der Waals surface area contributed by atoms with Gasteiger partial charge in [0.1, 0.15) is 0 Å². The number of anilines is 2. The van der Waals surface area contributed by atoms with Crippen molar-refractivity contribution >= 4 is 23.4 Å². The summed E-state index contributed by atoms with van der Waals surface area (Å²) < 4.78 is 2.06. The molecule has 0 aliphatic carbocycles. The molecule has 0 amide bonds. The number of phenolic OH excluding ortho intramolecular Hbond substituents is 2. The Labute approximate surface area is 199 Å². The lowest BCUT2D eigenvalue weighted by atomic mass is 10.0. The van der Waals surface area contributed by atoms with Crippen molar-refractivity contribution in [2.24, 2.45) is 5.92 Å². The summed E-state index contributed by atoms with van der Waals surface area (Å²) in [4.78, 5) is 4.81. The average molecular weight is 477 g/mol. The molecule has 1 unspecified atom stereocenters. The van der Waals surface area contributed by atoms with E-state index in [9.17, 15) is 15.3 Å². The summed E-state index contributed by atoms with van der Waals surface area (Å²) in [5, 5.41) is 45.7. The molecule has 5 N–H and O–H groups in total. The van der Waals surface area contributed by atoms with Gasteiger partial charge in [0, 0.05) is 18.2 Å². The second-order valence-electron chi connectivity index (χ2n) is 9.12. The molecule has 0 aromatic heterocycles. The maximum atomic E-state index is 10.3. The van der Waals surface area contributed by atoms with Crippen LogP contribution in [0.2, 0.25) is 5.02 Å². The first-order chi connectivity index (χ1) is 15.6. The van der Waals surface area contributed by atoms with Crippen molar-refractivity contribution in [2.75, 3.05) is 17.2 Å². The Hall–Kier alpha value is -2.78. The molecule has 2 aliphatic rings. The molecule has 0 spiro atoms. The molecular weight excluding hydrogens is 444 g/mol. The van der Waals surface area contributed by atoms with Crippen LogP contribution < -0.4 is 10.6 Å². The summed E-state index contributed by atoms with van der Waals surface area (Å²) in [6, 6.07) is 3.02. The van der Waals surface area contributed by atoms with Gasteiger partial charge >= 0.3 is 0 Å². The number of phenols is 2. The van der Waals surface area contributed by atoms with Crippen LogP contribution in [0, 0.1) is 5.92 Å². The lowest BCUT2D eigenvalue weighted by molar-refractivity contribution is 0.248. The van der Waals surface area contributed by atoms with Gasteiger partial charge < -0.3 is 30.5 Å². The highest BCUT2D eigenvalue weighted by Crippen LogP contribution is 2.39. The molecule has 1 aromatic rings. The third kappa shape index (κ3) is 4.94. The van der Waals surface area contributed by atoms with Gasteiger partial charge in [0.2, 0.25) is 5.95 Å². The predicted molar refractivity (Wildman–Crippen MR) is 130 cm³/mol. The van der Waals surface area contributed by atoms with Crippen LogP contribution in [0.4, 0.5) is 11.8 Å². The zero-order valence-electron chi connectivity index (χ0n) is 19.9. The second kappa shape index (κ2) is 10.0. The summed E-state index contributed by atoms with van der Waals surface area (Å²) >= 11 is 5.88. The Kier molecular flexibility index (Phi) is 7.54. The molecule has 1 aromatic carbocycles. The topological polar surface area (TPSA) is 128 Å². The summed E-state index contributed by atoms with van der Waals surface area (Å²) in [6.45, 7) is 12.5. The van der Waals surface area contributed by atoms with E-state index in [4.69, 9.17) is 16.6 Å². The van der Waals surface area contributed by atoms with Crippen molar-refractivity contribution in [3.05, 3.63) is 28.4 Å². The fourth-order valence-electron chi connectivity index (χ4n) is 3.66. The molecule has 10 heteroatoms. The number of nitrogens with zero attached hydrogens (tertiary/aromatic N) is 4. The smallest absolute Gasteiger partial charge is 0.205 e.